The lowest BCUT2D eigenvalue weighted by Gasteiger charge is -2.11. The molecule has 0 radical (unpaired) electrons. The molecular formula is C19H17N3. The zero-order valence-corrected chi connectivity index (χ0v) is 12.1. The van der Waals surface area contributed by atoms with Gasteiger partial charge in [-0.25, -0.2) is 0 Å². The smallest absolute Gasteiger partial charge is 0.0612 e. The molecule has 0 unspecified atom stereocenters. The molecule has 0 spiro atoms. The van der Waals surface area contributed by atoms with Crippen LogP contribution in [0.2, 0.25) is 0 Å². The second kappa shape index (κ2) is 5.74. The van der Waals surface area contributed by atoms with Gasteiger partial charge in [0.2, 0.25) is 0 Å². The molecule has 0 bridgehead atoms. The maximum absolute atomic E-state index is 8.08. The Hall–Kier alpha value is -3.07. The number of allylic oxidation sites excluding steroid dienone is 5. The van der Waals surface area contributed by atoms with Crippen molar-refractivity contribution in [3.63, 3.8) is 0 Å². The maximum atomic E-state index is 8.08. The Morgan fingerprint density at radius 1 is 0.773 bits per heavy atom. The quantitative estimate of drug-likeness (QED) is 0.732. The zero-order chi connectivity index (χ0) is 15.5. The summed E-state index contributed by atoms with van der Waals surface area (Å²) in [6.07, 6.45) is 7.77. The van der Waals surface area contributed by atoms with E-state index in [4.69, 9.17) is 16.9 Å². The van der Waals surface area contributed by atoms with E-state index < -0.39 is 0 Å². The molecule has 3 nitrogen and oxygen atoms in total. The molecule has 108 valence electrons. The fourth-order valence-corrected chi connectivity index (χ4v) is 2.31. The Morgan fingerprint density at radius 2 is 1.36 bits per heavy atom. The molecule has 2 aromatic carbocycles. The van der Waals surface area contributed by atoms with E-state index in [2.05, 4.69) is 0 Å². The van der Waals surface area contributed by atoms with Gasteiger partial charge in [0.15, 0.2) is 0 Å². The van der Waals surface area contributed by atoms with Gasteiger partial charge in [0.25, 0.3) is 0 Å². The van der Waals surface area contributed by atoms with Gasteiger partial charge in [-0.2, -0.15) is 0 Å². The number of hydrogen-bond donors (Lipinski definition) is 3. The van der Waals surface area contributed by atoms with Gasteiger partial charge in [-0.05, 0) is 59.2 Å². The normalized spacial score (nSPS) is 15.9. The van der Waals surface area contributed by atoms with E-state index in [0.717, 1.165) is 33.6 Å². The van der Waals surface area contributed by atoms with Gasteiger partial charge in [0.1, 0.15) is 0 Å². The Labute approximate surface area is 129 Å². The molecule has 1 aliphatic rings. The maximum Gasteiger partial charge on any atom is 0.0612 e. The lowest BCUT2D eigenvalue weighted by molar-refractivity contribution is 1.49. The molecule has 3 rings (SSSR count). The van der Waals surface area contributed by atoms with Crippen molar-refractivity contribution < 1.29 is 0 Å². The fraction of sp³-hybridized carbons (Fsp3) is 0. The number of benzene rings is 2. The van der Waals surface area contributed by atoms with E-state index in [1.54, 1.807) is 0 Å². The van der Waals surface area contributed by atoms with Gasteiger partial charge < -0.3 is 16.9 Å². The average Bonchev–Trinajstić information content (AvgIpc) is 2.52. The Balaban J connectivity index is 1.96. The van der Waals surface area contributed by atoms with Crippen LogP contribution in [0.5, 0.6) is 0 Å². The summed E-state index contributed by atoms with van der Waals surface area (Å²) in [5, 5.41) is 8.08. The summed E-state index contributed by atoms with van der Waals surface area (Å²) >= 11 is 0. The largest absolute Gasteiger partial charge is 0.399 e. The van der Waals surface area contributed by atoms with Crippen molar-refractivity contribution in [2.75, 3.05) is 11.5 Å². The van der Waals surface area contributed by atoms with Crippen LogP contribution in [0.1, 0.15) is 11.1 Å². The third kappa shape index (κ3) is 2.99. The van der Waals surface area contributed by atoms with Gasteiger partial charge >= 0.3 is 0 Å². The zero-order valence-electron chi connectivity index (χ0n) is 12.1. The second-order valence-corrected chi connectivity index (χ2v) is 5.24. The third-order valence-corrected chi connectivity index (χ3v) is 3.55. The number of anilines is 2. The highest BCUT2D eigenvalue weighted by molar-refractivity contribution is 6.15. The molecule has 0 amide bonds. The van der Waals surface area contributed by atoms with E-state index in [0.29, 0.717) is 5.71 Å². The Bertz CT molecular complexity index is 792. The van der Waals surface area contributed by atoms with Gasteiger partial charge in [-0.3, -0.25) is 0 Å². The molecule has 0 aromatic heterocycles. The summed E-state index contributed by atoms with van der Waals surface area (Å²) in [6.45, 7) is 0. The summed E-state index contributed by atoms with van der Waals surface area (Å²) in [4.78, 5) is 0. The predicted molar refractivity (Wildman–Crippen MR) is 94.5 cm³/mol. The van der Waals surface area contributed by atoms with Crippen LogP contribution in [0.15, 0.2) is 72.3 Å². The van der Waals surface area contributed by atoms with Crippen LogP contribution in [-0.2, 0) is 0 Å². The number of nitrogen functional groups attached to an aromatic ring is 2. The van der Waals surface area contributed by atoms with E-state index in [9.17, 15) is 0 Å². The molecular weight excluding hydrogens is 270 g/mol. The Morgan fingerprint density at radius 3 is 2.00 bits per heavy atom. The van der Waals surface area contributed by atoms with Crippen LogP contribution < -0.4 is 11.5 Å². The van der Waals surface area contributed by atoms with Crippen molar-refractivity contribution in [1.82, 2.24) is 0 Å². The van der Waals surface area contributed by atoms with E-state index >= 15 is 0 Å². The van der Waals surface area contributed by atoms with Gasteiger partial charge in [0, 0.05) is 16.9 Å². The van der Waals surface area contributed by atoms with E-state index in [1.807, 2.05) is 72.8 Å². The predicted octanol–water partition coefficient (Wildman–Crippen LogP) is 3.91. The average molecular weight is 287 g/mol. The van der Waals surface area contributed by atoms with Crippen molar-refractivity contribution in [1.29, 1.82) is 5.41 Å². The first-order valence-corrected chi connectivity index (χ1v) is 7.04. The summed E-state index contributed by atoms with van der Waals surface area (Å²) in [5.74, 6) is 0. The molecule has 0 saturated heterocycles. The first kappa shape index (κ1) is 13.9. The number of nitrogens with two attached hydrogens (primary N) is 2. The number of nitrogens with one attached hydrogen (secondary N) is 1. The molecule has 0 heterocycles. The molecule has 22 heavy (non-hydrogen) atoms. The van der Waals surface area contributed by atoms with Crippen molar-refractivity contribution in [3.8, 4) is 0 Å². The summed E-state index contributed by atoms with van der Waals surface area (Å²) in [5.41, 5.74) is 17.5. The molecule has 3 heteroatoms. The summed E-state index contributed by atoms with van der Waals surface area (Å²) in [6, 6.07) is 15.4. The van der Waals surface area contributed by atoms with Crippen molar-refractivity contribution >= 4 is 28.7 Å². The minimum Gasteiger partial charge on any atom is -0.399 e. The first-order chi connectivity index (χ1) is 10.6. The highest BCUT2D eigenvalue weighted by atomic mass is 14.5. The molecule has 1 aliphatic carbocycles. The van der Waals surface area contributed by atoms with Crippen LogP contribution in [0.25, 0.3) is 11.6 Å². The van der Waals surface area contributed by atoms with Gasteiger partial charge in [-0.1, -0.05) is 30.3 Å². The monoisotopic (exact) mass is 287 g/mol. The number of rotatable bonds is 2. The molecule has 0 atom stereocenters. The van der Waals surface area contributed by atoms with E-state index in [-0.39, 0.29) is 0 Å². The molecule has 0 saturated carbocycles. The van der Waals surface area contributed by atoms with Gasteiger partial charge in [-0.15, -0.1) is 0 Å². The first-order valence-electron chi connectivity index (χ1n) is 7.04. The molecule has 0 fully saturated rings. The minimum absolute atomic E-state index is 0.496. The summed E-state index contributed by atoms with van der Waals surface area (Å²) < 4.78 is 0. The fourth-order valence-electron chi connectivity index (χ4n) is 2.31. The number of hydrogen-bond acceptors (Lipinski definition) is 3. The Kier molecular flexibility index (Phi) is 3.62. The SMILES string of the molecule is N=C1C=CC(c2ccc(N)cc2)=CC1=Cc1ccc(N)cc1. The van der Waals surface area contributed by atoms with Gasteiger partial charge in [0.05, 0.1) is 5.71 Å². The van der Waals surface area contributed by atoms with Crippen molar-refractivity contribution in [3.05, 3.63) is 83.5 Å². The molecule has 5 N–H and O–H groups in total. The third-order valence-electron chi connectivity index (χ3n) is 3.55. The highest BCUT2D eigenvalue weighted by Gasteiger charge is 2.09. The second-order valence-electron chi connectivity index (χ2n) is 5.24. The highest BCUT2D eigenvalue weighted by Crippen LogP contribution is 2.25. The van der Waals surface area contributed by atoms with E-state index in [1.165, 1.54) is 0 Å². The van der Waals surface area contributed by atoms with Crippen molar-refractivity contribution in [2.24, 2.45) is 0 Å². The summed E-state index contributed by atoms with van der Waals surface area (Å²) in [7, 11) is 0. The minimum atomic E-state index is 0.496. The lowest BCUT2D eigenvalue weighted by Crippen LogP contribution is -2.01. The molecule has 0 aliphatic heterocycles. The molecule has 2 aromatic rings. The van der Waals surface area contributed by atoms with Crippen LogP contribution in [0.4, 0.5) is 11.4 Å². The van der Waals surface area contributed by atoms with Crippen molar-refractivity contribution in [2.45, 2.75) is 0 Å². The standard InChI is InChI=1S/C19H17N3/c20-17-6-1-13(2-7-17)11-16-12-15(5-10-19(16)22)14-3-8-18(21)9-4-14/h1-12,22H,20-21H2. The van der Waals surface area contributed by atoms with Crippen LogP contribution >= 0.6 is 0 Å². The lowest BCUT2D eigenvalue weighted by atomic mass is 9.94. The topological polar surface area (TPSA) is 75.9 Å². The van der Waals surface area contributed by atoms with Crippen LogP contribution in [-0.4, -0.2) is 5.71 Å². The van der Waals surface area contributed by atoms with Crippen LogP contribution in [0.3, 0.4) is 0 Å². The van der Waals surface area contributed by atoms with Crippen LogP contribution in [0, 0.1) is 5.41 Å².